The standard InChI is InChI=1S/C22H21N3O4S/c1-16-7-13-20(14-8-16)30(28,29)25(19-5-3-2-4-6-19)15-21(26)24-18-11-9-17(10-12-18)22(23)27/h2-14H,15H2,1H3,(H2,23,27)(H,24,26). The molecule has 0 aliphatic heterocycles. The molecule has 0 saturated carbocycles. The number of carbonyl (C=O) groups excluding carboxylic acids is 2. The molecule has 0 bridgehead atoms. The van der Waals surface area contributed by atoms with E-state index >= 15 is 0 Å². The van der Waals surface area contributed by atoms with Crippen LogP contribution in [0.15, 0.2) is 83.8 Å². The summed E-state index contributed by atoms with van der Waals surface area (Å²) < 4.78 is 27.6. The largest absolute Gasteiger partial charge is 0.366 e. The fraction of sp³-hybridized carbons (Fsp3) is 0.0909. The van der Waals surface area contributed by atoms with E-state index in [0.717, 1.165) is 9.87 Å². The summed E-state index contributed by atoms with van der Waals surface area (Å²) in [6.45, 7) is 1.44. The highest BCUT2D eigenvalue weighted by molar-refractivity contribution is 7.92. The highest BCUT2D eigenvalue weighted by atomic mass is 32.2. The molecule has 0 saturated heterocycles. The van der Waals surface area contributed by atoms with Crippen molar-refractivity contribution in [3.05, 3.63) is 90.0 Å². The number of rotatable bonds is 7. The number of benzene rings is 3. The van der Waals surface area contributed by atoms with Gasteiger partial charge in [0, 0.05) is 11.3 Å². The van der Waals surface area contributed by atoms with E-state index in [1.807, 2.05) is 6.92 Å². The number of sulfonamides is 1. The Morgan fingerprint density at radius 1 is 0.900 bits per heavy atom. The summed E-state index contributed by atoms with van der Waals surface area (Å²) in [4.78, 5) is 23.9. The third kappa shape index (κ3) is 4.84. The van der Waals surface area contributed by atoms with Gasteiger partial charge in [-0.3, -0.25) is 13.9 Å². The normalized spacial score (nSPS) is 11.0. The highest BCUT2D eigenvalue weighted by Crippen LogP contribution is 2.24. The Balaban J connectivity index is 1.87. The van der Waals surface area contributed by atoms with Crippen LogP contribution in [0.25, 0.3) is 0 Å². The summed E-state index contributed by atoms with van der Waals surface area (Å²) >= 11 is 0. The molecule has 8 heteroatoms. The quantitative estimate of drug-likeness (QED) is 0.609. The summed E-state index contributed by atoms with van der Waals surface area (Å²) in [5.41, 5.74) is 7.24. The van der Waals surface area contributed by atoms with Crippen LogP contribution in [0.5, 0.6) is 0 Å². The molecular formula is C22H21N3O4S. The van der Waals surface area contributed by atoms with Crippen LogP contribution in [0, 0.1) is 6.92 Å². The number of hydrogen-bond acceptors (Lipinski definition) is 4. The van der Waals surface area contributed by atoms with Crippen LogP contribution in [0.4, 0.5) is 11.4 Å². The molecule has 3 aromatic rings. The fourth-order valence-electron chi connectivity index (χ4n) is 2.80. The molecule has 7 nitrogen and oxygen atoms in total. The van der Waals surface area contributed by atoms with Crippen LogP contribution >= 0.6 is 0 Å². The number of aryl methyl sites for hydroxylation is 1. The molecule has 0 aliphatic rings. The molecule has 0 heterocycles. The lowest BCUT2D eigenvalue weighted by molar-refractivity contribution is -0.114. The van der Waals surface area contributed by atoms with E-state index in [2.05, 4.69) is 5.32 Å². The first-order chi connectivity index (χ1) is 14.3. The van der Waals surface area contributed by atoms with E-state index < -0.39 is 28.4 Å². The Morgan fingerprint density at radius 2 is 1.50 bits per heavy atom. The second-order valence-corrected chi connectivity index (χ2v) is 8.51. The first-order valence-corrected chi connectivity index (χ1v) is 10.6. The lowest BCUT2D eigenvalue weighted by Gasteiger charge is -2.24. The van der Waals surface area contributed by atoms with E-state index in [-0.39, 0.29) is 4.90 Å². The molecular weight excluding hydrogens is 402 g/mol. The minimum Gasteiger partial charge on any atom is -0.366 e. The number of anilines is 2. The molecule has 0 aromatic heterocycles. The number of para-hydroxylation sites is 1. The maximum absolute atomic E-state index is 13.2. The summed E-state index contributed by atoms with van der Waals surface area (Å²) in [5.74, 6) is -1.10. The van der Waals surface area contributed by atoms with Gasteiger partial charge in [-0.2, -0.15) is 0 Å². The van der Waals surface area contributed by atoms with Crippen molar-refractivity contribution in [2.75, 3.05) is 16.2 Å². The van der Waals surface area contributed by atoms with E-state index in [0.29, 0.717) is 16.9 Å². The zero-order valence-corrected chi connectivity index (χ0v) is 17.1. The number of carbonyl (C=O) groups is 2. The van der Waals surface area contributed by atoms with Gasteiger partial charge in [0.1, 0.15) is 6.54 Å². The molecule has 0 fully saturated rings. The molecule has 0 atom stereocenters. The summed E-state index contributed by atoms with van der Waals surface area (Å²) in [5, 5.41) is 2.64. The Labute approximate surface area is 175 Å². The van der Waals surface area contributed by atoms with Gasteiger partial charge < -0.3 is 11.1 Å². The molecule has 3 aromatic carbocycles. The number of hydrogen-bond donors (Lipinski definition) is 2. The molecule has 3 N–H and O–H groups in total. The Bertz CT molecular complexity index is 1140. The highest BCUT2D eigenvalue weighted by Gasteiger charge is 2.27. The van der Waals surface area contributed by atoms with Gasteiger partial charge in [-0.15, -0.1) is 0 Å². The number of nitrogens with two attached hydrogens (primary N) is 1. The van der Waals surface area contributed by atoms with Crippen molar-refractivity contribution in [2.24, 2.45) is 5.73 Å². The van der Waals surface area contributed by atoms with Gasteiger partial charge in [-0.25, -0.2) is 8.42 Å². The Kier molecular flexibility index (Phi) is 6.17. The number of nitrogens with zero attached hydrogens (tertiary/aromatic N) is 1. The van der Waals surface area contributed by atoms with Crippen molar-refractivity contribution in [2.45, 2.75) is 11.8 Å². The predicted molar refractivity (Wildman–Crippen MR) is 116 cm³/mol. The molecule has 30 heavy (non-hydrogen) atoms. The van der Waals surface area contributed by atoms with Gasteiger partial charge in [-0.05, 0) is 55.5 Å². The Hall–Kier alpha value is -3.65. The van der Waals surface area contributed by atoms with Crippen LogP contribution in [0.2, 0.25) is 0 Å². The van der Waals surface area contributed by atoms with E-state index in [1.54, 1.807) is 42.5 Å². The maximum atomic E-state index is 13.2. The van der Waals surface area contributed by atoms with Crippen molar-refractivity contribution >= 4 is 33.2 Å². The van der Waals surface area contributed by atoms with Gasteiger partial charge in [-0.1, -0.05) is 35.9 Å². The summed E-state index contributed by atoms with van der Waals surface area (Å²) in [7, 11) is -3.96. The fourth-order valence-corrected chi connectivity index (χ4v) is 4.22. The van der Waals surface area contributed by atoms with Crippen LogP contribution < -0.4 is 15.4 Å². The van der Waals surface area contributed by atoms with Crippen LogP contribution in [-0.4, -0.2) is 26.8 Å². The van der Waals surface area contributed by atoms with Crippen LogP contribution in [0.1, 0.15) is 15.9 Å². The molecule has 0 radical (unpaired) electrons. The van der Waals surface area contributed by atoms with Crippen molar-refractivity contribution in [3.63, 3.8) is 0 Å². The average molecular weight is 423 g/mol. The van der Waals surface area contributed by atoms with Gasteiger partial charge in [0.2, 0.25) is 11.8 Å². The first kappa shape index (κ1) is 21.1. The Morgan fingerprint density at radius 3 is 2.07 bits per heavy atom. The van der Waals surface area contributed by atoms with Crippen molar-refractivity contribution in [1.82, 2.24) is 0 Å². The summed E-state index contributed by atoms with van der Waals surface area (Å²) in [6, 6.07) is 20.9. The van der Waals surface area contributed by atoms with Crippen molar-refractivity contribution < 1.29 is 18.0 Å². The van der Waals surface area contributed by atoms with Crippen LogP contribution in [0.3, 0.4) is 0 Å². The molecule has 0 aliphatic carbocycles. The molecule has 0 unspecified atom stereocenters. The minimum absolute atomic E-state index is 0.0931. The van der Waals surface area contributed by atoms with Crippen LogP contribution in [-0.2, 0) is 14.8 Å². The van der Waals surface area contributed by atoms with Crippen molar-refractivity contribution in [3.8, 4) is 0 Å². The topological polar surface area (TPSA) is 110 Å². The van der Waals surface area contributed by atoms with Gasteiger partial charge in [0.05, 0.1) is 10.6 Å². The minimum atomic E-state index is -3.96. The molecule has 154 valence electrons. The second-order valence-electron chi connectivity index (χ2n) is 6.65. The monoisotopic (exact) mass is 423 g/mol. The molecule has 2 amide bonds. The number of amides is 2. The lowest BCUT2D eigenvalue weighted by atomic mass is 10.2. The number of primary amides is 1. The number of nitrogens with one attached hydrogen (secondary N) is 1. The van der Waals surface area contributed by atoms with E-state index in [1.165, 1.54) is 36.4 Å². The molecule has 0 spiro atoms. The van der Waals surface area contributed by atoms with Gasteiger partial charge >= 0.3 is 0 Å². The van der Waals surface area contributed by atoms with Crippen molar-refractivity contribution in [1.29, 1.82) is 0 Å². The van der Waals surface area contributed by atoms with E-state index in [9.17, 15) is 18.0 Å². The van der Waals surface area contributed by atoms with E-state index in [4.69, 9.17) is 5.73 Å². The molecule has 3 rings (SSSR count). The van der Waals surface area contributed by atoms with Gasteiger partial charge in [0.15, 0.2) is 0 Å². The smallest absolute Gasteiger partial charge is 0.264 e. The zero-order chi connectivity index (χ0) is 21.7. The lowest BCUT2D eigenvalue weighted by Crippen LogP contribution is -2.38. The van der Waals surface area contributed by atoms with Gasteiger partial charge in [0.25, 0.3) is 10.0 Å². The first-order valence-electron chi connectivity index (χ1n) is 9.11. The third-order valence-electron chi connectivity index (χ3n) is 4.39. The SMILES string of the molecule is Cc1ccc(S(=O)(=O)N(CC(=O)Nc2ccc(C(N)=O)cc2)c2ccccc2)cc1. The maximum Gasteiger partial charge on any atom is 0.264 e. The average Bonchev–Trinajstić information content (AvgIpc) is 2.73. The predicted octanol–water partition coefficient (Wildman–Crippen LogP) is 2.93. The summed E-state index contributed by atoms with van der Waals surface area (Å²) in [6.07, 6.45) is 0. The third-order valence-corrected chi connectivity index (χ3v) is 6.18. The second kappa shape index (κ2) is 8.79. The zero-order valence-electron chi connectivity index (χ0n) is 16.3.